The molecule has 0 spiro atoms. The average Bonchev–Trinajstić information content (AvgIpc) is 3.27. The summed E-state index contributed by atoms with van der Waals surface area (Å²) in [5.74, 6) is 1.36. The highest BCUT2D eigenvalue weighted by atomic mass is 16.5. The van der Waals surface area contributed by atoms with Crippen LogP contribution >= 0.6 is 0 Å². The zero-order valence-corrected chi connectivity index (χ0v) is 11.8. The van der Waals surface area contributed by atoms with E-state index in [2.05, 4.69) is 15.5 Å². The molecule has 110 valence electrons. The Kier molecular flexibility index (Phi) is 3.96. The number of esters is 1. The SMILES string of the molecule is COC(=O)C(NCc1nc(C2CC2)no1)c1ccccc1. The van der Waals surface area contributed by atoms with Gasteiger partial charge in [-0.15, -0.1) is 0 Å². The number of carbonyl (C=O) groups excluding carboxylic acids is 1. The van der Waals surface area contributed by atoms with Crippen molar-refractivity contribution in [3.63, 3.8) is 0 Å². The van der Waals surface area contributed by atoms with Crippen molar-refractivity contribution in [3.8, 4) is 0 Å². The van der Waals surface area contributed by atoms with Crippen LogP contribution < -0.4 is 5.32 Å². The van der Waals surface area contributed by atoms with E-state index in [9.17, 15) is 4.79 Å². The highest BCUT2D eigenvalue weighted by molar-refractivity contribution is 5.77. The monoisotopic (exact) mass is 287 g/mol. The topological polar surface area (TPSA) is 77.2 Å². The van der Waals surface area contributed by atoms with Crippen LogP contribution in [0, 0.1) is 0 Å². The number of hydrogen-bond acceptors (Lipinski definition) is 6. The molecule has 6 nitrogen and oxygen atoms in total. The lowest BCUT2D eigenvalue weighted by Gasteiger charge is -2.15. The number of nitrogens with one attached hydrogen (secondary N) is 1. The van der Waals surface area contributed by atoms with Gasteiger partial charge in [0.15, 0.2) is 5.82 Å². The van der Waals surface area contributed by atoms with Gasteiger partial charge in [-0.2, -0.15) is 4.98 Å². The van der Waals surface area contributed by atoms with Crippen LogP contribution in [0.2, 0.25) is 0 Å². The smallest absolute Gasteiger partial charge is 0.327 e. The maximum Gasteiger partial charge on any atom is 0.327 e. The van der Waals surface area contributed by atoms with Crippen molar-refractivity contribution in [2.24, 2.45) is 0 Å². The van der Waals surface area contributed by atoms with E-state index in [0.29, 0.717) is 18.4 Å². The van der Waals surface area contributed by atoms with Crippen LogP contribution in [0.3, 0.4) is 0 Å². The molecule has 0 bridgehead atoms. The number of benzene rings is 1. The van der Waals surface area contributed by atoms with Crippen LogP contribution in [0.1, 0.15) is 42.1 Å². The van der Waals surface area contributed by atoms with Crippen molar-refractivity contribution in [3.05, 3.63) is 47.6 Å². The molecule has 0 amide bonds. The molecule has 1 atom stereocenters. The largest absolute Gasteiger partial charge is 0.468 e. The van der Waals surface area contributed by atoms with Crippen molar-refractivity contribution in [2.45, 2.75) is 31.3 Å². The lowest BCUT2D eigenvalue weighted by Crippen LogP contribution is -2.29. The van der Waals surface area contributed by atoms with Gasteiger partial charge in [0.05, 0.1) is 13.7 Å². The quantitative estimate of drug-likeness (QED) is 0.818. The molecule has 1 saturated carbocycles. The van der Waals surface area contributed by atoms with E-state index in [0.717, 1.165) is 24.2 Å². The zero-order valence-electron chi connectivity index (χ0n) is 11.8. The summed E-state index contributed by atoms with van der Waals surface area (Å²) < 4.78 is 10.0. The van der Waals surface area contributed by atoms with Gasteiger partial charge in [0, 0.05) is 5.92 Å². The van der Waals surface area contributed by atoms with Gasteiger partial charge in [0.1, 0.15) is 6.04 Å². The fourth-order valence-corrected chi connectivity index (χ4v) is 2.14. The first-order chi connectivity index (χ1) is 10.3. The number of rotatable bonds is 6. The summed E-state index contributed by atoms with van der Waals surface area (Å²) in [7, 11) is 1.37. The molecule has 2 aromatic rings. The fourth-order valence-electron chi connectivity index (χ4n) is 2.14. The normalized spacial score (nSPS) is 15.7. The van der Waals surface area contributed by atoms with Crippen molar-refractivity contribution in [2.75, 3.05) is 7.11 Å². The Morgan fingerprint density at radius 2 is 2.19 bits per heavy atom. The molecule has 6 heteroatoms. The van der Waals surface area contributed by atoms with E-state index >= 15 is 0 Å². The number of nitrogens with zero attached hydrogens (tertiary/aromatic N) is 2. The van der Waals surface area contributed by atoms with Crippen molar-refractivity contribution < 1.29 is 14.1 Å². The van der Waals surface area contributed by atoms with Crippen LogP contribution in [-0.2, 0) is 16.1 Å². The fraction of sp³-hybridized carbons (Fsp3) is 0.400. The molecule has 1 aliphatic rings. The molecule has 1 fully saturated rings. The Morgan fingerprint density at radius 3 is 2.86 bits per heavy atom. The Labute approximate surface area is 122 Å². The number of aromatic nitrogens is 2. The first-order valence-corrected chi connectivity index (χ1v) is 6.96. The lowest BCUT2D eigenvalue weighted by molar-refractivity contribution is -0.143. The van der Waals surface area contributed by atoms with E-state index in [-0.39, 0.29) is 5.97 Å². The molecule has 21 heavy (non-hydrogen) atoms. The average molecular weight is 287 g/mol. The van der Waals surface area contributed by atoms with Crippen molar-refractivity contribution >= 4 is 5.97 Å². The summed E-state index contributed by atoms with van der Waals surface area (Å²) in [6, 6.07) is 8.86. The van der Waals surface area contributed by atoms with Gasteiger partial charge in [-0.3, -0.25) is 5.32 Å². The van der Waals surface area contributed by atoms with Gasteiger partial charge >= 0.3 is 5.97 Å². The minimum absolute atomic E-state index is 0.328. The van der Waals surface area contributed by atoms with Gasteiger partial charge in [-0.25, -0.2) is 4.79 Å². The second-order valence-corrected chi connectivity index (χ2v) is 5.07. The molecule has 1 N–H and O–H groups in total. The summed E-state index contributed by atoms with van der Waals surface area (Å²) in [6.45, 7) is 0.328. The third-order valence-electron chi connectivity index (χ3n) is 3.45. The Bertz CT molecular complexity index is 608. The molecule has 1 aliphatic carbocycles. The minimum atomic E-state index is -0.549. The van der Waals surface area contributed by atoms with Gasteiger partial charge in [-0.1, -0.05) is 35.5 Å². The van der Waals surface area contributed by atoms with Gasteiger partial charge in [0.2, 0.25) is 5.89 Å². The number of carbonyl (C=O) groups is 1. The summed E-state index contributed by atoms with van der Waals surface area (Å²) in [5.41, 5.74) is 0.839. The van der Waals surface area contributed by atoms with Gasteiger partial charge in [0.25, 0.3) is 0 Å². The number of hydrogen-bond donors (Lipinski definition) is 1. The maximum atomic E-state index is 11.9. The van der Waals surface area contributed by atoms with E-state index in [1.165, 1.54) is 7.11 Å². The minimum Gasteiger partial charge on any atom is -0.468 e. The number of ether oxygens (including phenoxy) is 1. The second-order valence-electron chi connectivity index (χ2n) is 5.07. The third-order valence-corrected chi connectivity index (χ3v) is 3.45. The molecule has 1 unspecified atom stereocenters. The molecule has 1 heterocycles. The third kappa shape index (κ3) is 3.28. The zero-order chi connectivity index (χ0) is 14.7. The predicted molar refractivity (Wildman–Crippen MR) is 74.3 cm³/mol. The molecule has 1 aromatic carbocycles. The Morgan fingerprint density at radius 1 is 1.43 bits per heavy atom. The molecule has 1 aromatic heterocycles. The molecule has 3 rings (SSSR count). The lowest BCUT2D eigenvalue weighted by atomic mass is 10.1. The predicted octanol–water partition coefficient (Wildman–Crippen LogP) is 1.95. The molecule has 0 radical (unpaired) electrons. The van der Waals surface area contributed by atoms with Crippen LogP contribution in [-0.4, -0.2) is 23.2 Å². The summed E-state index contributed by atoms with van der Waals surface area (Å²) >= 11 is 0. The Balaban J connectivity index is 1.67. The number of methoxy groups -OCH3 is 1. The standard InChI is InChI=1S/C15H17N3O3/c1-20-15(19)13(10-5-3-2-4-6-10)16-9-12-17-14(18-21-12)11-7-8-11/h2-6,11,13,16H,7-9H2,1H3. The van der Waals surface area contributed by atoms with Crippen LogP contribution in [0.4, 0.5) is 0 Å². The van der Waals surface area contributed by atoms with E-state index in [1.807, 2.05) is 30.3 Å². The summed E-state index contributed by atoms with van der Waals surface area (Å²) in [5, 5.41) is 7.06. The van der Waals surface area contributed by atoms with E-state index in [1.54, 1.807) is 0 Å². The molecule has 0 saturated heterocycles. The molecular formula is C15H17N3O3. The first-order valence-electron chi connectivity index (χ1n) is 6.96. The van der Waals surface area contributed by atoms with Crippen molar-refractivity contribution in [1.29, 1.82) is 0 Å². The van der Waals surface area contributed by atoms with Crippen LogP contribution in [0.5, 0.6) is 0 Å². The summed E-state index contributed by atoms with van der Waals surface area (Å²) in [6.07, 6.45) is 2.25. The summed E-state index contributed by atoms with van der Waals surface area (Å²) in [4.78, 5) is 16.2. The maximum absolute atomic E-state index is 11.9. The van der Waals surface area contributed by atoms with Crippen LogP contribution in [0.15, 0.2) is 34.9 Å². The van der Waals surface area contributed by atoms with E-state index < -0.39 is 6.04 Å². The van der Waals surface area contributed by atoms with Gasteiger partial charge < -0.3 is 9.26 Å². The van der Waals surface area contributed by atoms with Crippen molar-refractivity contribution in [1.82, 2.24) is 15.5 Å². The Hall–Kier alpha value is -2.21. The highest BCUT2D eigenvalue weighted by Crippen LogP contribution is 2.38. The van der Waals surface area contributed by atoms with Crippen LogP contribution in [0.25, 0.3) is 0 Å². The molecular weight excluding hydrogens is 270 g/mol. The van der Waals surface area contributed by atoms with E-state index in [4.69, 9.17) is 9.26 Å². The second kappa shape index (κ2) is 6.05. The van der Waals surface area contributed by atoms with Gasteiger partial charge in [-0.05, 0) is 18.4 Å². The molecule has 0 aliphatic heterocycles. The highest BCUT2D eigenvalue weighted by Gasteiger charge is 2.29. The first kappa shape index (κ1) is 13.8.